The first-order valence-corrected chi connectivity index (χ1v) is 7.82. The van der Waals surface area contributed by atoms with E-state index in [1.165, 1.54) is 17.4 Å². The van der Waals surface area contributed by atoms with Crippen LogP contribution in [0, 0.1) is 0 Å². The fraction of sp³-hybridized carbons (Fsp3) is 0.286. The van der Waals surface area contributed by atoms with Crippen LogP contribution in [0.5, 0.6) is 0 Å². The van der Waals surface area contributed by atoms with E-state index in [1.807, 2.05) is 11.4 Å². The van der Waals surface area contributed by atoms with Crippen LogP contribution in [0.25, 0.3) is 0 Å². The van der Waals surface area contributed by atoms with Crippen LogP contribution in [0.1, 0.15) is 16.0 Å². The number of benzene rings is 1. The van der Waals surface area contributed by atoms with Gasteiger partial charge < -0.3 is 10.6 Å². The van der Waals surface area contributed by atoms with Gasteiger partial charge in [0.2, 0.25) is 0 Å². The molecule has 0 aliphatic carbocycles. The summed E-state index contributed by atoms with van der Waals surface area (Å²) in [6.45, 7) is 0.506. The van der Waals surface area contributed by atoms with E-state index in [0.717, 1.165) is 15.4 Å². The highest BCUT2D eigenvalue weighted by Crippen LogP contribution is 2.37. The second-order valence-electron chi connectivity index (χ2n) is 4.64. The number of thiophene rings is 1. The molecule has 0 amide bonds. The van der Waals surface area contributed by atoms with Crippen LogP contribution >= 0.6 is 27.3 Å². The van der Waals surface area contributed by atoms with E-state index in [9.17, 15) is 13.2 Å². The molecule has 1 aromatic heterocycles. The second kappa shape index (κ2) is 6.37. The van der Waals surface area contributed by atoms with Crippen molar-refractivity contribution in [2.75, 3.05) is 11.9 Å². The van der Waals surface area contributed by atoms with Crippen LogP contribution in [0.4, 0.5) is 18.9 Å². The van der Waals surface area contributed by atoms with Gasteiger partial charge in [0.1, 0.15) is 0 Å². The van der Waals surface area contributed by atoms with E-state index >= 15 is 0 Å². The number of hydrogen-bond acceptors (Lipinski definition) is 3. The summed E-state index contributed by atoms with van der Waals surface area (Å²) in [6, 6.07) is 6.14. The van der Waals surface area contributed by atoms with Crippen molar-refractivity contribution in [3.05, 3.63) is 50.1 Å². The Kier molecular flexibility index (Phi) is 4.95. The van der Waals surface area contributed by atoms with Gasteiger partial charge in [-0.3, -0.25) is 0 Å². The summed E-state index contributed by atoms with van der Waals surface area (Å²) in [5.41, 5.74) is 5.41. The highest BCUT2D eigenvalue weighted by molar-refractivity contribution is 9.10. The quantitative estimate of drug-likeness (QED) is 0.840. The van der Waals surface area contributed by atoms with Crippen molar-refractivity contribution >= 4 is 33.0 Å². The molecular weight excluding hydrogens is 365 g/mol. The second-order valence-corrected chi connectivity index (χ2v) is 6.55. The third-order valence-corrected chi connectivity index (χ3v) is 4.71. The molecular formula is C14H14BrF3N2S. The monoisotopic (exact) mass is 378 g/mol. The average Bonchev–Trinajstić information content (AvgIpc) is 2.82. The Hall–Kier alpha value is -1.05. The van der Waals surface area contributed by atoms with Crippen LogP contribution in [-0.2, 0) is 19.3 Å². The lowest BCUT2D eigenvalue weighted by Gasteiger charge is -2.23. The van der Waals surface area contributed by atoms with E-state index in [0.29, 0.717) is 12.1 Å². The molecule has 0 unspecified atom stereocenters. The lowest BCUT2D eigenvalue weighted by Crippen LogP contribution is -2.21. The summed E-state index contributed by atoms with van der Waals surface area (Å²) in [4.78, 5) is 2.59. The van der Waals surface area contributed by atoms with Gasteiger partial charge >= 0.3 is 6.18 Å². The molecule has 0 saturated heterocycles. The first-order valence-electron chi connectivity index (χ1n) is 6.15. The summed E-state index contributed by atoms with van der Waals surface area (Å²) in [5, 5.41) is 1.91. The highest BCUT2D eigenvalue weighted by atomic mass is 79.9. The van der Waals surface area contributed by atoms with Gasteiger partial charge in [-0.05, 0) is 39.7 Å². The molecule has 0 bridgehead atoms. The van der Waals surface area contributed by atoms with Gasteiger partial charge in [-0.25, -0.2) is 0 Å². The molecule has 7 heteroatoms. The Bertz CT molecular complexity index is 625. The van der Waals surface area contributed by atoms with Gasteiger partial charge in [-0.2, -0.15) is 13.2 Å². The minimum atomic E-state index is -4.40. The SMILES string of the molecule is CN(Cc1cc(Br)cs1)c1ccc(CN)cc1C(F)(F)F. The zero-order chi connectivity index (χ0) is 15.6. The molecule has 114 valence electrons. The van der Waals surface area contributed by atoms with Crippen molar-refractivity contribution in [2.45, 2.75) is 19.3 Å². The molecule has 0 saturated carbocycles. The van der Waals surface area contributed by atoms with Crippen LogP contribution in [0.3, 0.4) is 0 Å². The standard InChI is InChI=1S/C14H14BrF3N2S/c1-20(7-11-5-10(15)8-21-11)13-3-2-9(6-19)4-12(13)14(16,17)18/h2-5,8H,6-7,19H2,1H3. The minimum Gasteiger partial charge on any atom is -0.369 e. The smallest absolute Gasteiger partial charge is 0.369 e. The Labute approximate surface area is 133 Å². The number of rotatable bonds is 4. The average molecular weight is 379 g/mol. The molecule has 0 spiro atoms. The summed E-state index contributed by atoms with van der Waals surface area (Å²) in [7, 11) is 1.65. The Balaban J connectivity index is 2.33. The first-order chi connectivity index (χ1) is 9.81. The minimum absolute atomic E-state index is 0.0882. The summed E-state index contributed by atoms with van der Waals surface area (Å²) in [5.74, 6) is 0. The lowest BCUT2D eigenvalue weighted by molar-refractivity contribution is -0.137. The van der Waals surface area contributed by atoms with Crippen LogP contribution in [0.15, 0.2) is 34.1 Å². The molecule has 2 aromatic rings. The largest absolute Gasteiger partial charge is 0.418 e. The van der Waals surface area contributed by atoms with Gasteiger partial charge in [0.25, 0.3) is 0 Å². The van der Waals surface area contributed by atoms with Crippen molar-refractivity contribution < 1.29 is 13.2 Å². The van der Waals surface area contributed by atoms with E-state index in [1.54, 1.807) is 18.0 Å². The molecule has 0 fully saturated rings. The van der Waals surface area contributed by atoms with Crippen molar-refractivity contribution in [1.29, 1.82) is 0 Å². The van der Waals surface area contributed by atoms with Crippen molar-refractivity contribution in [3.63, 3.8) is 0 Å². The fourth-order valence-electron chi connectivity index (χ4n) is 2.03. The highest BCUT2D eigenvalue weighted by Gasteiger charge is 2.34. The van der Waals surface area contributed by atoms with Gasteiger partial charge in [0, 0.05) is 34.0 Å². The molecule has 0 radical (unpaired) electrons. The molecule has 0 atom stereocenters. The maximum absolute atomic E-state index is 13.2. The van der Waals surface area contributed by atoms with Gasteiger partial charge in [-0.15, -0.1) is 11.3 Å². The topological polar surface area (TPSA) is 29.3 Å². The summed E-state index contributed by atoms with van der Waals surface area (Å²) in [6.07, 6.45) is -4.40. The molecule has 1 heterocycles. The third-order valence-electron chi connectivity index (χ3n) is 3.03. The van der Waals surface area contributed by atoms with Crippen molar-refractivity contribution in [2.24, 2.45) is 5.73 Å². The number of hydrogen-bond donors (Lipinski definition) is 1. The summed E-state index contributed by atoms with van der Waals surface area (Å²) >= 11 is 4.85. The molecule has 21 heavy (non-hydrogen) atoms. The zero-order valence-electron chi connectivity index (χ0n) is 11.2. The third kappa shape index (κ3) is 3.99. The normalized spacial score (nSPS) is 11.7. The van der Waals surface area contributed by atoms with Crippen LogP contribution < -0.4 is 10.6 Å². The summed E-state index contributed by atoms with van der Waals surface area (Å²) < 4.78 is 40.5. The van der Waals surface area contributed by atoms with Crippen LogP contribution in [-0.4, -0.2) is 7.05 Å². The predicted octanol–water partition coefficient (Wildman–Crippen LogP) is 4.62. The van der Waals surface area contributed by atoms with Gasteiger partial charge in [0.15, 0.2) is 0 Å². The van der Waals surface area contributed by atoms with E-state index in [2.05, 4.69) is 15.9 Å². The number of nitrogens with zero attached hydrogens (tertiary/aromatic N) is 1. The Morgan fingerprint density at radius 2 is 2.00 bits per heavy atom. The van der Waals surface area contributed by atoms with E-state index in [-0.39, 0.29) is 12.2 Å². The number of halogens is 4. The molecule has 2 nitrogen and oxygen atoms in total. The predicted molar refractivity (Wildman–Crippen MR) is 83.5 cm³/mol. The number of nitrogens with two attached hydrogens (primary N) is 1. The zero-order valence-corrected chi connectivity index (χ0v) is 13.6. The van der Waals surface area contributed by atoms with E-state index in [4.69, 9.17) is 5.73 Å². The van der Waals surface area contributed by atoms with Gasteiger partial charge in [0.05, 0.1) is 12.1 Å². The Morgan fingerprint density at radius 1 is 1.29 bits per heavy atom. The number of anilines is 1. The van der Waals surface area contributed by atoms with Crippen molar-refractivity contribution in [3.8, 4) is 0 Å². The molecule has 0 aliphatic heterocycles. The maximum atomic E-state index is 13.2. The van der Waals surface area contributed by atoms with Crippen molar-refractivity contribution in [1.82, 2.24) is 0 Å². The molecule has 0 aliphatic rings. The Morgan fingerprint density at radius 3 is 2.52 bits per heavy atom. The molecule has 2 N–H and O–H groups in total. The number of alkyl halides is 3. The van der Waals surface area contributed by atoms with Gasteiger partial charge in [-0.1, -0.05) is 6.07 Å². The molecule has 2 rings (SSSR count). The lowest BCUT2D eigenvalue weighted by atomic mass is 10.1. The molecule has 1 aromatic carbocycles. The first kappa shape index (κ1) is 16.3. The van der Waals surface area contributed by atoms with E-state index < -0.39 is 11.7 Å². The van der Waals surface area contributed by atoms with Crippen LogP contribution in [0.2, 0.25) is 0 Å². The fourth-order valence-corrected chi connectivity index (χ4v) is 3.53. The maximum Gasteiger partial charge on any atom is 0.418 e.